The fourth-order valence-electron chi connectivity index (χ4n) is 4.79. The van der Waals surface area contributed by atoms with E-state index in [4.69, 9.17) is 0 Å². The van der Waals surface area contributed by atoms with E-state index in [9.17, 15) is 0 Å². The molecule has 0 spiro atoms. The molecule has 0 aromatic rings. The summed E-state index contributed by atoms with van der Waals surface area (Å²) in [6.07, 6.45) is 21.5. The minimum absolute atomic E-state index is 0.503. The summed E-state index contributed by atoms with van der Waals surface area (Å²) in [5.74, 6) is 3.62. The summed E-state index contributed by atoms with van der Waals surface area (Å²) in [4.78, 5) is 0. The highest BCUT2D eigenvalue weighted by Crippen LogP contribution is 2.57. The average molecular weight is 213 g/mol. The van der Waals surface area contributed by atoms with Crippen molar-refractivity contribution < 1.29 is 0 Å². The van der Waals surface area contributed by atoms with Gasteiger partial charge >= 0.3 is 0 Å². The molecule has 6 aliphatic carbocycles. The van der Waals surface area contributed by atoms with Gasteiger partial charge in [-0.3, -0.25) is 0 Å². The first-order valence-electron chi connectivity index (χ1n) is 7.15. The van der Waals surface area contributed by atoms with Crippen LogP contribution in [-0.2, 0) is 0 Å². The zero-order valence-corrected chi connectivity index (χ0v) is 9.99. The summed E-state index contributed by atoms with van der Waals surface area (Å²) in [6.45, 7) is 0. The summed E-state index contributed by atoms with van der Waals surface area (Å²) in [5, 5.41) is 0. The van der Waals surface area contributed by atoms with Crippen molar-refractivity contribution >= 4 is 0 Å². The molecule has 3 unspecified atom stereocenters. The van der Waals surface area contributed by atoms with Crippen LogP contribution >= 0.6 is 0 Å². The fourth-order valence-corrected chi connectivity index (χ4v) is 4.79. The van der Waals surface area contributed by atoms with Crippen molar-refractivity contribution in [1.29, 1.82) is 0 Å². The van der Waals surface area contributed by atoms with Gasteiger partial charge in [-0.25, -0.2) is 0 Å². The Kier molecular flexibility index (Phi) is 1.93. The van der Waals surface area contributed by atoms with E-state index < -0.39 is 0 Å². The van der Waals surface area contributed by atoms with E-state index >= 15 is 0 Å². The molecule has 6 aliphatic rings. The molecule has 85 valence electrons. The van der Waals surface area contributed by atoms with Gasteiger partial charge in [0.15, 0.2) is 0 Å². The zero-order valence-electron chi connectivity index (χ0n) is 9.99. The van der Waals surface area contributed by atoms with E-state index in [0.717, 1.165) is 23.7 Å². The lowest BCUT2D eigenvalue weighted by atomic mass is 9.52. The number of fused-ring (bicyclic) bond motifs is 4. The molecule has 0 heterocycles. The van der Waals surface area contributed by atoms with Gasteiger partial charge in [0.05, 0.1) is 0 Å². The summed E-state index contributed by atoms with van der Waals surface area (Å²) >= 11 is 0. The van der Waals surface area contributed by atoms with Crippen molar-refractivity contribution in [2.75, 3.05) is 0 Å². The second-order valence-electron chi connectivity index (χ2n) is 6.53. The first kappa shape index (κ1) is 9.50. The van der Waals surface area contributed by atoms with Crippen LogP contribution in [0.2, 0.25) is 0 Å². The minimum Gasteiger partial charge on any atom is -0.0851 e. The maximum absolute atomic E-state index is 3.83. The molecular weight excluding hydrogens is 192 g/mol. The molecule has 3 atom stereocenters. The quantitative estimate of drug-likeness (QED) is 0.574. The third-order valence-electron chi connectivity index (χ3n) is 5.81. The Hall–Kier alpha value is -0.520. The Balaban J connectivity index is 1.68. The molecule has 0 saturated heterocycles. The van der Waals surface area contributed by atoms with Crippen LogP contribution in [0.25, 0.3) is 0 Å². The average Bonchev–Trinajstić information content (AvgIpc) is 2.42. The highest BCUT2D eigenvalue weighted by molar-refractivity contribution is 5.16. The van der Waals surface area contributed by atoms with Gasteiger partial charge in [0.2, 0.25) is 0 Å². The molecule has 0 N–H and O–H groups in total. The standard InChI is InChI=1S/C16H21/c1-3-14-4-2-13(1)11-15(14)16-8-5-12(6-9-16)7-10-16/h1,3,5,12-15H,2,4,6-7,9-11H2. The first-order chi connectivity index (χ1) is 7.86. The summed E-state index contributed by atoms with van der Waals surface area (Å²) in [6, 6.07) is 0. The van der Waals surface area contributed by atoms with Crippen LogP contribution in [-0.4, -0.2) is 0 Å². The van der Waals surface area contributed by atoms with Gasteiger partial charge in [0.25, 0.3) is 0 Å². The van der Waals surface area contributed by atoms with Gasteiger partial charge in [-0.15, -0.1) is 0 Å². The zero-order chi connectivity index (χ0) is 10.6. The molecule has 0 heteroatoms. The Morgan fingerprint density at radius 1 is 0.938 bits per heavy atom. The van der Waals surface area contributed by atoms with Gasteiger partial charge < -0.3 is 0 Å². The van der Waals surface area contributed by atoms with Crippen molar-refractivity contribution in [2.24, 2.45) is 29.1 Å². The van der Waals surface area contributed by atoms with Crippen molar-refractivity contribution in [1.82, 2.24) is 0 Å². The number of hydrogen-bond acceptors (Lipinski definition) is 0. The topological polar surface area (TPSA) is 0 Å². The van der Waals surface area contributed by atoms with Gasteiger partial charge in [0, 0.05) is 0 Å². The molecule has 0 amide bonds. The van der Waals surface area contributed by atoms with Crippen LogP contribution in [0.5, 0.6) is 0 Å². The molecular formula is C16H21. The third-order valence-corrected chi connectivity index (χ3v) is 5.81. The van der Waals surface area contributed by atoms with E-state index in [1.807, 2.05) is 0 Å². The summed E-state index contributed by atoms with van der Waals surface area (Å²) in [5.41, 5.74) is 0.503. The maximum atomic E-state index is 3.83. The molecule has 0 aromatic carbocycles. The van der Waals surface area contributed by atoms with Gasteiger partial charge in [0.1, 0.15) is 0 Å². The molecule has 0 aliphatic heterocycles. The van der Waals surface area contributed by atoms with Crippen LogP contribution in [0.3, 0.4) is 0 Å². The second-order valence-corrected chi connectivity index (χ2v) is 6.53. The van der Waals surface area contributed by atoms with E-state index in [-0.39, 0.29) is 0 Å². The van der Waals surface area contributed by atoms with Gasteiger partial charge in [-0.1, -0.05) is 18.2 Å². The Morgan fingerprint density at radius 2 is 1.81 bits per heavy atom. The lowest BCUT2D eigenvalue weighted by molar-refractivity contribution is 0.0378. The van der Waals surface area contributed by atoms with Crippen molar-refractivity contribution in [3.63, 3.8) is 0 Å². The fraction of sp³-hybridized carbons (Fsp3) is 0.750. The molecule has 6 rings (SSSR count). The van der Waals surface area contributed by atoms with E-state index in [1.54, 1.807) is 0 Å². The van der Waals surface area contributed by atoms with Crippen molar-refractivity contribution in [3.05, 3.63) is 24.3 Å². The third kappa shape index (κ3) is 1.22. The molecule has 1 radical (unpaired) electrons. The predicted molar refractivity (Wildman–Crippen MR) is 65.7 cm³/mol. The van der Waals surface area contributed by atoms with Crippen LogP contribution in [0.4, 0.5) is 0 Å². The SMILES string of the molecule is [C]1=CC2CCC1(C1CC3C=CC1CC3)CC2. The van der Waals surface area contributed by atoms with Gasteiger partial charge in [-0.2, -0.15) is 0 Å². The van der Waals surface area contributed by atoms with Gasteiger partial charge in [-0.05, 0) is 80.1 Å². The molecule has 0 nitrogen and oxygen atoms in total. The second kappa shape index (κ2) is 3.24. The number of rotatable bonds is 1. The predicted octanol–water partition coefficient (Wildman–Crippen LogP) is 4.14. The Labute approximate surface area is 98.8 Å². The van der Waals surface area contributed by atoms with E-state index in [0.29, 0.717) is 5.41 Å². The molecule has 16 heavy (non-hydrogen) atoms. The first-order valence-corrected chi connectivity index (χ1v) is 7.15. The van der Waals surface area contributed by atoms with Crippen LogP contribution in [0, 0.1) is 35.2 Å². The largest absolute Gasteiger partial charge is 0.0851 e. The van der Waals surface area contributed by atoms with Crippen LogP contribution < -0.4 is 0 Å². The summed E-state index contributed by atoms with van der Waals surface area (Å²) < 4.78 is 0. The monoisotopic (exact) mass is 213 g/mol. The van der Waals surface area contributed by atoms with Crippen LogP contribution in [0.15, 0.2) is 18.2 Å². The molecule has 2 saturated carbocycles. The van der Waals surface area contributed by atoms with Crippen molar-refractivity contribution in [2.45, 2.75) is 44.9 Å². The Morgan fingerprint density at radius 3 is 2.31 bits per heavy atom. The lowest BCUT2D eigenvalue weighted by Gasteiger charge is -2.52. The maximum Gasteiger partial charge on any atom is -0.00127 e. The lowest BCUT2D eigenvalue weighted by Crippen LogP contribution is -2.44. The normalized spacial score (nSPS) is 53.5. The highest BCUT2D eigenvalue weighted by atomic mass is 14.5. The summed E-state index contributed by atoms with van der Waals surface area (Å²) in [7, 11) is 0. The highest BCUT2D eigenvalue weighted by Gasteiger charge is 2.48. The number of hydrogen-bond donors (Lipinski definition) is 0. The molecule has 0 aromatic heterocycles. The smallest absolute Gasteiger partial charge is 0.00127 e. The van der Waals surface area contributed by atoms with Crippen molar-refractivity contribution in [3.8, 4) is 0 Å². The number of allylic oxidation sites excluding steroid dienone is 4. The van der Waals surface area contributed by atoms with Crippen LogP contribution in [0.1, 0.15) is 44.9 Å². The van der Waals surface area contributed by atoms with E-state index in [2.05, 4.69) is 24.3 Å². The molecule has 2 fully saturated rings. The van der Waals surface area contributed by atoms with E-state index in [1.165, 1.54) is 44.9 Å². The minimum atomic E-state index is 0.503. The Bertz CT molecular complexity index is 341. The molecule has 4 bridgehead atoms.